The Morgan fingerprint density at radius 1 is 1.14 bits per heavy atom. The minimum atomic E-state index is -0.289. The number of nitrogens with one attached hydrogen (secondary N) is 1. The van der Waals surface area contributed by atoms with Gasteiger partial charge in [0.05, 0.1) is 11.6 Å². The van der Waals surface area contributed by atoms with Crippen molar-refractivity contribution in [2.24, 2.45) is 0 Å². The molecular weight excluding hydrogens is 292 g/mol. The van der Waals surface area contributed by atoms with Crippen molar-refractivity contribution in [2.45, 2.75) is 13.5 Å². The molecule has 2 rings (SSSR count). The van der Waals surface area contributed by atoms with Crippen molar-refractivity contribution in [3.05, 3.63) is 63.5 Å². The minimum absolute atomic E-state index is 0.0844. The molecule has 0 aliphatic rings. The Hall–Kier alpha value is -2.40. The van der Waals surface area contributed by atoms with Crippen LogP contribution in [0.2, 0.25) is 5.02 Å². The van der Waals surface area contributed by atoms with Crippen LogP contribution >= 0.6 is 11.6 Å². The Morgan fingerprint density at radius 3 is 2.43 bits per heavy atom. The van der Waals surface area contributed by atoms with Crippen LogP contribution < -0.4 is 10.9 Å². The van der Waals surface area contributed by atoms with Crippen LogP contribution in [0.25, 0.3) is 0 Å². The van der Waals surface area contributed by atoms with Crippen molar-refractivity contribution in [2.75, 3.05) is 5.32 Å². The number of hydrogen-bond acceptors (Lipinski definition) is 3. The largest absolute Gasteiger partial charge is 0.326 e. The van der Waals surface area contributed by atoms with E-state index < -0.39 is 0 Å². The van der Waals surface area contributed by atoms with Crippen LogP contribution in [0.15, 0.2) is 47.4 Å². The Kier molecular flexibility index (Phi) is 4.55. The lowest BCUT2D eigenvalue weighted by molar-refractivity contribution is -0.114. The van der Waals surface area contributed by atoms with Crippen LogP contribution in [-0.4, -0.2) is 16.3 Å². The van der Waals surface area contributed by atoms with Gasteiger partial charge in [-0.2, -0.15) is 0 Å². The van der Waals surface area contributed by atoms with Gasteiger partial charge in [-0.05, 0) is 30.3 Å². The fourth-order valence-corrected chi connectivity index (χ4v) is 2.00. The molecule has 1 aromatic heterocycles. The van der Waals surface area contributed by atoms with Gasteiger partial charge in [-0.3, -0.25) is 14.4 Å². The van der Waals surface area contributed by atoms with Gasteiger partial charge in [-0.15, -0.1) is 0 Å². The van der Waals surface area contributed by atoms with Crippen molar-refractivity contribution in [3.8, 4) is 0 Å². The van der Waals surface area contributed by atoms with E-state index >= 15 is 0 Å². The average Bonchev–Trinajstić information content (AvgIpc) is 2.43. The zero-order chi connectivity index (χ0) is 15.4. The van der Waals surface area contributed by atoms with Crippen molar-refractivity contribution in [3.63, 3.8) is 0 Å². The number of hydrogen-bond donors (Lipinski definition) is 1. The van der Waals surface area contributed by atoms with Gasteiger partial charge < -0.3 is 9.88 Å². The molecule has 1 N–H and O–H groups in total. The number of Topliss-reactive ketones (excluding diaryl/α,β-unsaturated/α-hetero) is 1. The Labute approximate surface area is 126 Å². The Bertz CT molecular complexity index is 735. The Balaban J connectivity index is 2.15. The van der Waals surface area contributed by atoms with Crippen LogP contribution in [-0.2, 0) is 11.3 Å². The lowest BCUT2D eigenvalue weighted by Crippen LogP contribution is -2.22. The number of pyridine rings is 1. The maximum absolute atomic E-state index is 12.1. The van der Waals surface area contributed by atoms with Gasteiger partial charge in [0.1, 0.15) is 0 Å². The van der Waals surface area contributed by atoms with Crippen molar-refractivity contribution < 1.29 is 9.59 Å². The summed E-state index contributed by atoms with van der Waals surface area (Å²) in [6.45, 7) is 1.32. The third-order valence-corrected chi connectivity index (χ3v) is 3.01. The molecule has 0 atom stereocenters. The number of amides is 1. The van der Waals surface area contributed by atoms with Crippen LogP contribution in [0.4, 0.5) is 5.69 Å². The second-order valence-electron chi connectivity index (χ2n) is 4.50. The minimum Gasteiger partial charge on any atom is -0.326 e. The zero-order valence-corrected chi connectivity index (χ0v) is 12.1. The number of halogens is 1. The first-order valence-electron chi connectivity index (χ1n) is 6.22. The molecule has 21 heavy (non-hydrogen) atoms. The van der Waals surface area contributed by atoms with Gasteiger partial charge in [0, 0.05) is 30.4 Å². The van der Waals surface area contributed by atoms with E-state index in [2.05, 4.69) is 5.32 Å². The van der Waals surface area contributed by atoms with Gasteiger partial charge in [-0.1, -0.05) is 11.6 Å². The number of rotatable bonds is 4. The summed E-state index contributed by atoms with van der Waals surface area (Å²) in [5.74, 6) is -0.395. The van der Waals surface area contributed by atoms with Gasteiger partial charge in [0.2, 0.25) is 5.91 Å². The second kappa shape index (κ2) is 6.37. The maximum Gasteiger partial charge on any atom is 0.251 e. The first-order valence-corrected chi connectivity index (χ1v) is 6.60. The van der Waals surface area contributed by atoms with E-state index in [4.69, 9.17) is 11.6 Å². The van der Waals surface area contributed by atoms with E-state index in [1.807, 2.05) is 0 Å². The van der Waals surface area contributed by atoms with Crippen molar-refractivity contribution >= 4 is 29.0 Å². The zero-order valence-electron chi connectivity index (χ0n) is 11.3. The van der Waals surface area contributed by atoms with Gasteiger partial charge in [0.25, 0.3) is 5.56 Å². The predicted octanol–water partition coefficient (Wildman–Crippen LogP) is 2.34. The summed E-state index contributed by atoms with van der Waals surface area (Å²) >= 11 is 5.80. The quantitative estimate of drug-likeness (QED) is 0.882. The summed E-state index contributed by atoms with van der Waals surface area (Å²) in [7, 11) is 0. The highest BCUT2D eigenvalue weighted by atomic mass is 35.5. The molecule has 1 amide bonds. The van der Waals surface area contributed by atoms with E-state index in [1.165, 1.54) is 29.8 Å². The summed E-state index contributed by atoms with van der Waals surface area (Å²) in [6, 6.07) is 9.26. The molecule has 108 valence electrons. The summed E-state index contributed by atoms with van der Waals surface area (Å²) < 4.78 is 1.26. The van der Waals surface area contributed by atoms with Crippen molar-refractivity contribution in [1.29, 1.82) is 0 Å². The number of benzene rings is 1. The second-order valence-corrected chi connectivity index (χ2v) is 4.93. The highest BCUT2D eigenvalue weighted by Gasteiger charge is 2.08. The molecule has 1 aromatic carbocycles. The molecule has 0 aliphatic heterocycles. The SMILES string of the molecule is CC(=O)Nc1ccc(C(=O)Cn2cc(Cl)ccc2=O)cc1. The molecule has 0 unspecified atom stereocenters. The first-order chi connectivity index (χ1) is 9.95. The molecule has 0 fully saturated rings. The summed E-state index contributed by atoms with van der Waals surface area (Å²) in [4.78, 5) is 34.7. The predicted molar refractivity (Wildman–Crippen MR) is 80.8 cm³/mol. The summed E-state index contributed by atoms with van der Waals surface area (Å²) in [5, 5.41) is 3.01. The van der Waals surface area contributed by atoms with Crippen LogP contribution in [0, 0.1) is 0 Å². The number of anilines is 1. The number of carbonyl (C=O) groups excluding carboxylic acids is 2. The molecule has 1 heterocycles. The lowest BCUT2D eigenvalue weighted by atomic mass is 10.1. The highest BCUT2D eigenvalue weighted by Crippen LogP contribution is 2.11. The van der Waals surface area contributed by atoms with Crippen LogP contribution in [0.3, 0.4) is 0 Å². The van der Waals surface area contributed by atoms with E-state index in [9.17, 15) is 14.4 Å². The molecule has 2 aromatic rings. The molecule has 0 saturated carbocycles. The van der Waals surface area contributed by atoms with E-state index in [1.54, 1.807) is 24.3 Å². The van der Waals surface area contributed by atoms with Crippen LogP contribution in [0.1, 0.15) is 17.3 Å². The summed E-state index contributed by atoms with van der Waals surface area (Å²) in [6.07, 6.45) is 1.42. The fraction of sp³-hybridized carbons (Fsp3) is 0.133. The number of aromatic nitrogens is 1. The molecule has 6 heteroatoms. The smallest absolute Gasteiger partial charge is 0.251 e. The first kappa shape index (κ1) is 15.0. The standard InChI is InChI=1S/C15H13ClN2O3/c1-10(19)17-13-5-2-11(3-6-13)14(20)9-18-8-12(16)4-7-15(18)21/h2-8H,9H2,1H3,(H,17,19). The number of nitrogens with zero attached hydrogens (tertiary/aromatic N) is 1. The molecule has 0 saturated heterocycles. The molecular formula is C15H13ClN2O3. The molecule has 5 nitrogen and oxygen atoms in total. The molecule has 0 aliphatic carbocycles. The monoisotopic (exact) mass is 304 g/mol. The number of carbonyl (C=O) groups is 2. The molecule has 0 radical (unpaired) electrons. The molecule has 0 bridgehead atoms. The summed E-state index contributed by atoms with van der Waals surface area (Å²) in [5.41, 5.74) is 0.776. The lowest BCUT2D eigenvalue weighted by Gasteiger charge is -2.06. The van der Waals surface area contributed by atoms with Gasteiger partial charge >= 0.3 is 0 Å². The van der Waals surface area contributed by atoms with Crippen LogP contribution in [0.5, 0.6) is 0 Å². The third kappa shape index (κ3) is 4.03. The third-order valence-electron chi connectivity index (χ3n) is 2.79. The van der Waals surface area contributed by atoms with Gasteiger partial charge in [-0.25, -0.2) is 0 Å². The Morgan fingerprint density at radius 2 is 1.81 bits per heavy atom. The van der Waals surface area contributed by atoms with E-state index in [0.717, 1.165) is 0 Å². The van der Waals surface area contributed by atoms with E-state index in [0.29, 0.717) is 16.3 Å². The maximum atomic E-state index is 12.1. The molecule has 0 spiro atoms. The van der Waals surface area contributed by atoms with Crippen molar-refractivity contribution in [1.82, 2.24) is 4.57 Å². The average molecular weight is 305 g/mol. The fourth-order valence-electron chi connectivity index (χ4n) is 1.81. The van der Waals surface area contributed by atoms with Gasteiger partial charge in [0.15, 0.2) is 5.78 Å². The van der Waals surface area contributed by atoms with E-state index in [-0.39, 0.29) is 23.8 Å². The highest BCUT2D eigenvalue weighted by molar-refractivity contribution is 6.30. The number of ketones is 1. The normalized spacial score (nSPS) is 10.2. The topological polar surface area (TPSA) is 68.2 Å².